The molecule has 1 aliphatic rings. The van der Waals surface area contributed by atoms with E-state index >= 15 is 0 Å². The third-order valence-electron chi connectivity index (χ3n) is 2.53. The topological polar surface area (TPSA) is 38.7 Å². The molecule has 15 heavy (non-hydrogen) atoms. The quantitative estimate of drug-likeness (QED) is 0.822. The molecule has 1 saturated heterocycles. The molecule has 0 aromatic heterocycles. The van der Waals surface area contributed by atoms with Gasteiger partial charge >= 0.3 is 0 Å². The molecule has 82 valence electrons. The summed E-state index contributed by atoms with van der Waals surface area (Å²) < 4.78 is 11.1. The van der Waals surface area contributed by atoms with Gasteiger partial charge in [0.05, 0.1) is 13.2 Å². The summed E-state index contributed by atoms with van der Waals surface area (Å²) in [5.41, 5.74) is 0.905. The highest BCUT2D eigenvalue weighted by Crippen LogP contribution is 2.17. The number of aliphatic hydroxyl groups excluding tert-OH is 1. The number of rotatable bonds is 3. The van der Waals surface area contributed by atoms with Crippen LogP contribution in [0.15, 0.2) is 24.3 Å². The Morgan fingerprint density at radius 2 is 2.13 bits per heavy atom. The summed E-state index contributed by atoms with van der Waals surface area (Å²) in [5.74, 6) is 0.850. The van der Waals surface area contributed by atoms with Crippen molar-refractivity contribution < 1.29 is 14.6 Å². The Morgan fingerprint density at radius 3 is 2.73 bits per heavy atom. The average Bonchev–Trinajstić information content (AvgIpc) is 2.31. The molecular weight excluding hydrogens is 192 g/mol. The first kappa shape index (κ1) is 10.5. The molecule has 0 spiro atoms. The molecule has 0 saturated carbocycles. The first-order valence-electron chi connectivity index (χ1n) is 5.32. The Hall–Kier alpha value is -1.06. The van der Waals surface area contributed by atoms with E-state index in [1.807, 2.05) is 24.3 Å². The molecule has 2 rings (SSSR count). The SMILES string of the molecule is OCc1ccc(OC2CCCOC2)cc1. The first-order valence-corrected chi connectivity index (χ1v) is 5.32. The Bertz CT molecular complexity index is 288. The van der Waals surface area contributed by atoms with Crippen LogP contribution in [-0.4, -0.2) is 24.4 Å². The molecule has 1 heterocycles. The molecule has 1 fully saturated rings. The normalized spacial score (nSPS) is 21.3. The standard InChI is InChI=1S/C12H16O3/c13-8-10-3-5-11(6-4-10)15-12-2-1-7-14-9-12/h3-6,12-13H,1-2,7-9H2. The van der Waals surface area contributed by atoms with Crippen molar-refractivity contribution in [1.82, 2.24) is 0 Å². The predicted octanol–water partition coefficient (Wildman–Crippen LogP) is 1.74. The Kier molecular flexibility index (Phi) is 3.59. The highest BCUT2D eigenvalue weighted by molar-refractivity contribution is 5.27. The Morgan fingerprint density at radius 1 is 1.33 bits per heavy atom. The Labute approximate surface area is 89.6 Å². The zero-order valence-electron chi connectivity index (χ0n) is 8.69. The van der Waals surface area contributed by atoms with Gasteiger partial charge in [-0.3, -0.25) is 0 Å². The van der Waals surface area contributed by atoms with Crippen molar-refractivity contribution in [3.05, 3.63) is 29.8 Å². The van der Waals surface area contributed by atoms with Gasteiger partial charge in [0.25, 0.3) is 0 Å². The van der Waals surface area contributed by atoms with Crippen LogP contribution in [0.25, 0.3) is 0 Å². The molecule has 0 amide bonds. The van der Waals surface area contributed by atoms with Gasteiger partial charge in [-0.25, -0.2) is 0 Å². The van der Waals surface area contributed by atoms with Crippen molar-refractivity contribution >= 4 is 0 Å². The summed E-state index contributed by atoms with van der Waals surface area (Å²) in [6.45, 7) is 1.61. The van der Waals surface area contributed by atoms with Crippen molar-refractivity contribution in [2.75, 3.05) is 13.2 Å². The molecule has 1 aliphatic heterocycles. The maximum atomic E-state index is 8.89. The van der Waals surface area contributed by atoms with Gasteiger partial charge in [0.1, 0.15) is 11.9 Å². The van der Waals surface area contributed by atoms with E-state index in [1.165, 1.54) is 0 Å². The fourth-order valence-corrected chi connectivity index (χ4v) is 1.67. The van der Waals surface area contributed by atoms with Crippen molar-refractivity contribution in [1.29, 1.82) is 0 Å². The zero-order valence-corrected chi connectivity index (χ0v) is 8.69. The summed E-state index contributed by atoms with van der Waals surface area (Å²) in [5, 5.41) is 8.89. The molecule has 0 aliphatic carbocycles. The minimum atomic E-state index is 0.0762. The fourth-order valence-electron chi connectivity index (χ4n) is 1.67. The van der Waals surface area contributed by atoms with E-state index in [0.717, 1.165) is 30.8 Å². The summed E-state index contributed by atoms with van der Waals surface area (Å²) in [4.78, 5) is 0. The minimum absolute atomic E-state index is 0.0762. The van der Waals surface area contributed by atoms with Crippen LogP contribution >= 0.6 is 0 Å². The van der Waals surface area contributed by atoms with Crippen LogP contribution in [0.4, 0.5) is 0 Å². The third kappa shape index (κ3) is 2.94. The van der Waals surface area contributed by atoms with Gasteiger partial charge in [-0.05, 0) is 30.5 Å². The van der Waals surface area contributed by atoms with Gasteiger partial charge in [0.2, 0.25) is 0 Å². The van der Waals surface area contributed by atoms with Crippen LogP contribution in [0.2, 0.25) is 0 Å². The summed E-state index contributed by atoms with van der Waals surface area (Å²) in [6.07, 6.45) is 2.31. The summed E-state index contributed by atoms with van der Waals surface area (Å²) in [6, 6.07) is 7.53. The van der Waals surface area contributed by atoms with Crippen LogP contribution in [0.3, 0.4) is 0 Å². The molecule has 0 radical (unpaired) electrons. The lowest BCUT2D eigenvalue weighted by Crippen LogP contribution is -2.27. The van der Waals surface area contributed by atoms with Crippen molar-refractivity contribution in [3.63, 3.8) is 0 Å². The molecule has 1 aromatic carbocycles. The average molecular weight is 208 g/mol. The molecule has 0 bridgehead atoms. The lowest BCUT2D eigenvalue weighted by molar-refractivity contribution is 0.00742. The van der Waals surface area contributed by atoms with E-state index in [1.54, 1.807) is 0 Å². The van der Waals surface area contributed by atoms with Gasteiger partial charge in [0, 0.05) is 6.61 Å². The highest BCUT2D eigenvalue weighted by atomic mass is 16.5. The second kappa shape index (κ2) is 5.14. The van der Waals surface area contributed by atoms with Crippen molar-refractivity contribution in [2.24, 2.45) is 0 Å². The Balaban J connectivity index is 1.91. The molecular formula is C12H16O3. The lowest BCUT2D eigenvalue weighted by Gasteiger charge is -2.23. The first-order chi connectivity index (χ1) is 7.38. The molecule has 1 atom stereocenters. The van der Waals surface area contributed by atoms with Crippen LogP contribution in [0, 0.1) is 0 Å². The van der Waals surface area contributed by atoms with E-state index in [0.29, 0.717) is 6.61 Å². The summed E-state index contributed by atoms with van der Waals surface area (Å²) >= 11 is 0. The zero-order chi connectivity index (χ0) is 10.5. The van der Waals surface area contributed by atoms with Gasteiger partial charge in [-0.1, -0.05) is 12.1 Å². The number of benzene rings is 1. The maximum absolute atomic E-state index is 8.89. The monoisotopic (exact) mass is 208 g/mol. The minimum Gasteiger partial charge on any atom is -0.488 e. The van der Waals surface area contributed by atoms with E-state index in [2.05, 4.69) is 0 Å². The number of aliphatic hydroxyl groups is 1. The van der Waals surface area contributed by atoms with Gasteiger partial charge in [0.15, 0.2) is 0 Å². The van der Waals surface area contributed by atoms with Crippen LogP contribution < -0.4 is 4.74 Å². The fraction of sp³-hybridized carbons (Fsp3) is 0.500. The smallest absolute Gasteiger partial charge is 0.122 e. The molecule has 3 nitrogen and oxygen atoms in total. The predicted molar refractivity (Wildman–Crippen MR) is 56.8 cm³/mol. The van der Waals surface area contributed by atoms with Gasteiger partial charge in [-0.15, -0.1) is 0 Å². The van der Waals surface area contributed by atoms with E-state index in [4.69, 9.17) is 14.6 Å². The van der Waals surface area contributed by atoms with Gasteiger partial charge in [-0.2, -0.15) is 0 Å². The largest absolute Gasteiger partial charge is 0.488 e. The van der Waals surface area contributed by atoms with Gasteiger partial charge < -0.3 is 14.6 Å². The van der Waals surface area contributed by atoms with Crippen molar-refractivity contribution in [2.45, 2.75) is 25.6 Å². The van der Waals surface area contributed by atoms with Crippen LogP contribution in [0.5, 0.6) is 5.75 Å². The molecule has 1 aromatic rings. The molecule has 1 N–H and O–H groups in total. The van der Waals surface area contributed by atoms with Crippen LogP contribution in [0.1, 0.15) is 18.4 Å². The van der Waals surface area contributed by atoms with Crippen LogP contribution in [-0.2, 0) is 11.3 Å². The molecule has 3 heteroatoms. The van der Waals surface area contributed by atoms with Crippen molar-refractivity contribution in [3.8, 4) is 5.75 Å². The second-order valence-corrected chi connectivity index (χ2v) is 3.76. The lowest BCUT2D eigenvalue weighted by atomic mass is 10.1. The number of ether oxygens (including phenoxy) is 2. The highest BCUT2D eigenvalue weighted by Gasteiger charge is 2.14. The summed E-state index contributed by atoms with van der Waals surface area (Å²) in [7, 11) is 0. The number of hydrogen-bond donors (Lipinski definition) is 1. The molecule has 1 unspecified atom stereocenters. The van der Waals surface area contributed by atoms with E-state index in [-0.39, 0.29) is 12.7 Å². The van der Waals surface area contributed by atoms with E-state index in [9.17, 15) is 0 Å². The maximum Gasteiger partial charge on any atom is 0.122 e. The second-order valence-electron chi connectivity index (χ2n) is 3.76. The van der Waals surface area contributed by atoms with E-state index < -0.39 is 0 Å². The number of hydrogen-bond acceptors (Lipinski definition) is 3. The third-order valence-corrected chi connectivity index (χ3v) is 2.53.